The number of halogens is 1. The van der Waals surface area contributed by atoms with E-state index in [-0.39, 0.29) is 17.6 Å². The van der Waals surface area contributed by atoms with Crippen molar-refractivity contribution < 1.29 is 9.18 Å². The summed E-state index contributed by atoms with van der Waals surface area (Å²) in [4.78, 5) is 21.0. The average molecular weight is 328 g/mol. The second-order valence-corrected chi connectivity index (χ2v) is 6.02. The zero-order valence-electron chi connectivity index (χ0n) is 13.2. The zero-order valence-corrected chi connectivity index (χ0v) is 13.2. The summed E-state index contributed by atoms with van der Waals surface area (Å²) in [6.07, 6.45) is 3.87. The van der Waals surface area contributed by atoms with Crippen LogP contribution < -0.4 is 5.32 Å². The lowest BCUT2D eigenvalue weighted by Gasteiger charge is -2.16. The van der Waals surface area contributed by atoms with Crippen LogP contribution in [0.25, 0.3) is 5.65 Å². The van der Waals surface area contributed by atoms with E-state index in [4.69, 9.17) is 0 Å². The van der Waals surface area contributed by atoms with Gasteiger partial charge in [0.1, 0.15) is 17.3 Å². The molecule has 0 saturated carbocycles. The number of rotatable bonds is 3. The monoisotopic (exact) mass is 328 g/mol. The Bertz CT molecular complexity index is 901. The lowest BCUT2D eigenvalue weighted by Crippen LogP contribution is -2.32. The molecule has 3 aromatic heterocycles. The Morgan fingerprint density at radius 3 is 3.12 bits per heavy atom. The molecule has 0 radical (unpaired) electrons. The summed E-state index contributed by atoms with van der Waals surface area (Å²) in [5.74, 6) is 0.127. The van der Waals surface area contributed by atoms with Crippen molar-refractivity contribution in [3.63, 3.8) is 0 Å². The van der Waals surface area contributed by atoms with Crippen LogP contribution in [0.15, 0.2) is 30.6 Å². The normalized spacial score (nSPS) is 17.6. The lowest BCUT2D eigenvalue weighted by atomic mass is 10.2. The Labute approximate surface area is 137 Å². The summed E-state index contributed by atoms with van der Waals surface area (Å²) in [5.41, 5.74) is 1.99. The zero-order chi connectivity index (χ0) is 16.7. The van der Waals surface area contributed by atoms with Crippen molar-refractivity contribution in [1.82, 2.24) is 24.5 Å². The molecule has 2 N–H and O–H groups in total. The van der Waals surface area contributed by atoms with Crippen molar-refractivity contribution >= 4 is 17.4 Å². The molecule has 1 amide bonds. The highest BCUT2D eigenvalue weighted by atomic mass is 19.1. The third-order valence-corrected chi connectivity index (χ3v) is 4.15. The number of carbonyl (C=O) groups is 1. The quantitative estimate of drug-likeness (QED) is 0.769. The summed E-state index contributed by atoms with van der Waals surface area (Å²) in [6.45, 7) is 3.11. The number of hydrogen-bond acceptors (Lipinski definition) is 4. The standard InChI is InChI=1S/C16H17FN6O/c1-10-8-23-15(19-10)3-2-14(21-23)20-12-4-5-22(9-12)16(24)13-6-11(17)7-18-13/h2-3,6-8,12,18H,4-5,9H2,1H3,(H,20,21)/t12-/m0/s1. The average Bonchev–Trinajstić information content (AvgIpc) is 3.25. The van der Waals surface area contributed by atoms with Crippen LogP contribution in [-0.4, -0.2) is 49.5 Å². The third kappa shape index (κ3) is 2.70. The predicted molar refractivity (Wildman–Crippen MR) is 86.4 cm³/mol. The Hall–Kier alpha value is -2.90. The number of carbonyl (C=O) groups excluding carboxylic acids is 1. The minimum atomic E-state index is -0.430. The number of imidazole rings is 1. The molecule has 1 aliphatic heterocycles. The van der Waals surface area contributed by atoms with E-state index in [9.17, 15) is 9.18 Å². The molecule has 0 aliphatic carbocycles. The van der Waals surface area contributed by atoms with Gasteiger partial charge in [0.2, 0.25) is 0 Å². The van der Waals surface area contributed by atoms with Crippen LogP contribution in [0.4, 0.5) is 10.2 Å². The molecule has 0 bridgehead atoms. The molecule has 24 heavy (non-hydrogen) atoms. The van der Waals surface area contributed by atoms with E-state index in [1.54, 1.807) is 9.42 Å². The number of fused-ring (bicyclic) bond motifs is 1. The number of likely N-dealkylation sites (tertiary alicyclic amines) is 1. The number of amides is 1. The van der Waals surface area contributed by atoms with Gasteiger partial charge in [-0.25, -0.2) is 13.9 Å². The van der Waals surface area contributed by atoms with Crippen molar-refractivity contribution in [2.24, 2.45) is 0 Å². The fraction of sp³-hybridized carbons (Fsp3) is 0.312. The van der Waals surface area contributed by atoms with Gasteiger partial charge in [0, 0.05) is 31.4 Å². The molecule has 0 spiro atoms. The van der Waals surface area contributed by atoms with Gasteiger partial charge in [0.25, 0.3) is 5.91 Å². The molecular weight excluding hydrogens is 311 g/mol. The fourth-order valence-corrected chi connectivity index (χ4v) is 3.01. The molecule has 4 heterocycles. The molecule has 3 aromatic rings. The van der Waals surface area contributed by atoms with Gasteiger partial charge < -0.3 is 15.2 Å². The van der Waals surface area contributed by atoms with Gasteiger partial charge >= 0.3 is 0 Å². The first-order valence-corrected chi connectivity index (χ1v) is 7.81. The summed E-state index contributed by atoms with van der Waals surface area (Å²) < 4.78 is 14.8. The smallest absolute Gasteiger partial charge is 0.270 e. The predicted octanol–water partition coefficient (Wildman–Crippen LogP) is 1.83. The Morgan fingerprint density at radius 1 is 1.46 bits per heavy atom. The molecule has 4 rings (SSSR count). The van der Waals surface area contributed by atoms with E-state index < -0.39 is 5.82 Å². The van der Waals surface area contributed by atoms with Gasteiger partial charge in [-0.3, -0.25) is 4.79 Å². The SMILES string of the molecule is Cc1cn2nc(N[C@H]3CCN(C(=O)c4cc(F)c[nH]4)C3)ccc2n1. The third-order valence-electron chi connectivity index (χ3n) is 4.15. The molecule has 1 saturated heterocycles. The Balaban J connectivity index is 1.43. The van der Waals surface area contributed by atoms with E-state index in [0.29, 0.717) is 13.1 Å². The Morgan fingerprint density at radius 2 is 2.33 bits per heavy atom. The second kappa shape index (κ2) is 5.63. The van der Waals surface area contributed by atoms with Crippen LogP contribution in [0.1, 0.15) is 22.6 Å². The first-order chi connectivity index (χ1) is 11.6. The van der Waals surface area contributed by atoms with Crippen LogP contribution in [0.3, 0.4) is 0 Å². The molecular formula is C16H17FN6O. The topological polar surface area (TPSA) is 78.3 Å². The molecule has 0 unspecified atom stereocenters. The van der Waals surface area contributed by atoms with Crippen LogP contribution >= 0.6 is 0 Å². The Kier molecular flexibility index (Phi) is 3.44. The van der Waals surface area contributed by atoms with Crippen molar-refractivity contribution in [2.75, 3.05) is 18.4 Å². The minimum absolute atomic E-state index is 0.114. The minimum Gasteiger partial charge on any atom is -0.364 e. The van der Waals surface area contributed by atoms with E-state index in [2.05, 4.69) is 20.4 Å². The largest absolute Gasteiger partial charge is 0.364 e. The van der Waals surface area contributed by atoms with Gasteiger partial charge in [0.05, 0.1) is 11.9 Å². The van der Waals surface area contributed by atoms with E-state index >= 15 is 0 Å². The molecule has 1 aliphatic rings. The van der Waals surface area contributed by atoms with Crippen LogP contribution in [-0.2, 0) is 0 Å². The number of hydrogen-bond donors (Lipinski definition) is 2. The maximum absolute atomic E-state index is 13.0. The number of nitrogens with zero attached hydrogens (tertiary/aromatic N) is 4. The van der Waals surface area contributed by atoms with Gasteiger partial charge in [-0.2, -0.15) is 0 Å². The number of anilines is 1. The number of aromatic amines is 1. The van der Waals surface area contributed by atoms with Gasteiger partial charge in [-0.15, -0.1) is 5.10 Å². The van der Waals surface area contributed by atoms with Crippen molar-refractivity contribution in [3.05, 3.63) is 47.8 Å². The van der Waals surface area contributed by atoms with Crippen LogP contribution in [0.5, 0.6) is 0 Å². The maximum atomic E-state index is 13.0. The number of aryl methyl sites for hydroxylation is 1. The maximum Gasteiger partial charge on any atom is 0.270 e. The van der Waals surface area contributed by atoms with Gasteiger partial charge in [-0.05, 0) is 25.5 Å². The van der Waals surface area contributed by atoms with Gasteiger partial charge in [-0.1, -0.05) is 0 Å². The summed E-state index contributed by atoms with van der Waals surface area (Å²) >= 11 is 0. The summed E-state index contributed by atoms with van der Waals surface area (Å²) in [6, 6.07) is 5.12. The second-order valence-electron chi connectivity index (χ2n) is 6.02. The molecule has 8 heteroatoms. The van der Waals surface area contributed by atoms with Crippen LogP contribution in [0, 0.1) is 12.7 Å². The van der Waals surface area contributed by atoms with Crippen LogP contribution in [0.2, 0.25) is 0 Å². The lowest BCUT2D eigenvalue weighted by molar-refractivity contribution is 0.0786. The van der Waals surface area contributed by atoms with Crippen molar-refractivity contribution in [3.8, 4) is 0 Å². The van der Waals surface area contributed by atoms with Crippen molar-refractivity contribution in [1.29, 1.82) is 0 Å². The molecule has 124 valence electrons. The number of aromatic nitrogens is 4. The van der Waals surface area contributed by atoms with Gasteiger partial charge in [0.15, 0.2) is 5.65 Å². The molecule has 0 aromatic carbocycles. The number of H-pyrrole nitrogens is 1. The summed E-state index contributed by atoms with van der Waals surface area (Å²) in [7, 11) is 0. The van der Waals surface area contributed by atoms with E-state index in [1.807, 2.05) is 25.3 Å². The summed E-state index contributed by atoms with van der Waals surface area (Å²) in [5, 5.41) is 7.82. The van der Waals surface area contributed by atoms with E-state index in [0.717, 1.165) is 23.6 Å². The molecule has 1 atom stereocenters. The molecule has 1 fully saturated rings. The molecule has 7 nitrogen and oxygen atoms in total. The first-order valence-electron chi connectivity index (χ1n) is 7.81. The van der Waals surface area contributed by atoms with Crippen molar-refractivity contribution in [2.45, 2.75) is 19.4 Å². The highest BCUT2D eigenvalue weighted by Gasteiger charge is 2.28. The van der Waals surface area contributed by atoms with E-state index in [1.165, 1.54) is 12.3 Å². The fourth-order valence-electron chi connectivity index (χ4n) is 3.01. The highest BCUT2D eigenvalue weighted by molar-refractivity contribution is 5.92. The first kappa shape index (κ1) is 14.7. The number of nitrogens with one attached hydrogen (secondary N) is 2. The highest BCUT2D eigenvalue weighted by Crippen LogP contribution is 2.17.